The number of hydrazine groups is 1. The Bertz CT molecular complexity index is 870. The van der Waals surface area contributed by atoms with Gasteiger partial charge in [-0.15, -0.1) is 0 Å². The standard InChI is InChI=1S/C24H31N3O4/c1-4-17(3)19-13-9-10-14-21(19)31-20(5-2)24(30)27-26-23(29)16-15-22(28)25-18-11-7-6-8-12-18/h6-14,17,20H,4-5,15-16H2,1-3H3,(H,25,28)(H,26,29)(H,27,30). The molecule has 7 nitrogen and oxygen atoms in total. The van der Waals surface area contributed by atoms with Gasteiger partial charge >= 0.3 is 0 Å². The van der Waals surface area contributed by atoms with Crippen LogP contribution in [0.3, 0.4) is 0 Å². The molecule has 0 bridgehead atoms. The van der Waals surface area contributed by atoms with Crippen molar-refractivity contribution in [2.24, 2.45) is 0 Å². The molecule has 0 aliphatic heterocycles. The molecule has 166 valence electrons. The molecule has 0 radical (unpaired) electrons. The van der Waals surface area contributed by atoms with Crippen LogP contribution in [-0.2, 0) is 14.4 Å². The Morgan fingerprint density at radius 2 is 1.48 bits per heavy atom. The molecular weight excluding hydrogens is 394 g/mol. The van der Waals surface area contributed by atoms with Crippen LogP contribution >= 0.6 is 0 Å². The molecule has 0 saturated heterocycles. The van der Waals surface area contributed by atoms with Gasteiger partial charge in [-0.25, -0.2) is 0 Å². The van der Waals surface area contributed by atoms with E-state index in [1.807, 2.05) is 49.4 Å². The summed E-state index contributed by atoms with van der Waals surface area (Å²) in [5, 5.41) is 2.71. The van der Waals surface area contributed by atoms with Crippen molar-refractivity contribution in [1.82, 2.24) is 10.9 Å². The smallest absolute Gasteiger partial charge is 0.279 e. The summed E-state index contributed by atoms with van der Waals surface area (Å²) >= 11 is 0. The molecule has 2 atom stereocenters. The molecule has 0 saturated carbocycles. The first-order valence-electron chi connectivity index (χ1n) is 10.6. The average Bonchev–Trinajstić information content (AvgIpc) is 2.80. The zero-order valence-corrected chi connectivity index (χ0v) is 18.3. The van der Waals surface area contributed by atoms with Crippen molar-refractivity contribution in [2.75, 3.05) is 5.32 Å². The van der Waals surface area contributed by atoms with Crippen molar-refractivity contribution in [3.05, 3.63) is 60.2 Å². The van der Waals surface area contributed by atoms with Gasteiger partial charge in [0.2, 0.25) is 11.8 Å². The van der Waals surface area contributed by atoms with Gasteiger partial charge < -0.3 is 10.1 Å². The lowest BCUT2D eigenvalue weighted by Crippen LogP contribution is -2.48. The molecule has 0 aliphatic rings. The van der Waals surface area contributed by atoms with Gasteiger partial charge in [-0.3, -0.25) is 25.2 Å². The second-order valence-corrected chi connectivity index (χ2v) is 7.31. The van der Waals surface area contributed by atoms with E-state index >= 15 is 0 Å². The maximum absolute atomic E-state index is 12.5. The largest absolute Gasteiger partial charge is 0.480 e. The fourth-order valence-electron chi connectivity index (χ4n) is 2.94. The molecule has 0 heterocycles. The van der Waals surface area contributed by atoms with Crippen molar-refractivity contribution >= 4 is 23.4 Å². The summed E-state index contributed by atoms with van der Waals surface area (Å²) in [6.45, 7) is 6.05. The van der Waals surface area contributed by atoms with Crippen molar-refractivity contribution in [2.45, 2.75) is 58.5 Å². The predicted molar refractivity (Wildman–Crippen MR) is 120 cm³/mol. The van der Waals surface area contributed by atoms with Gasteiger partial charge in [-0.05, 0) is 42.5 Å². The van der Waals surface area contributed by atoms with Gasteiger partial charge in [-0.1, -0.05) is 57.2 Å². The van der Waals surface area contributed by atoms with Gasteiger partial charge in [0.05, 0.1) is 0 Å². The number of nitrogens with one attached hydrogen (secondary N) is 3. The van der Waals surface area contributed by atoms with Gasteiger partial charge in [0.1, 0.15) is 5.75 Å². The first kappa shape index (κ1) is 23.9. The van der Waals surface area contributed by atoms with Gasteiger partial charge in [0.15, 0.2) is 6.10 Å². The molecule has 2 aromatic rings. The molecule has 31 heavy (non-hydrogen) atoms. The van der Waals surface area contributed by atoms with Crippen LogP contribution in [0.2, 0.25) is 0 Å². The summed E-state index contributed by atoms with van der Waals surface area (Å²) < 4.78 is 5.95. The number of para-hydroxylation sites is 2. The minimum atomic E-state index is -0.744. The molecule has 3 amide bonds. The van der Waals surface area contributed by atoms with Gasteiger partial charge in [0, 0.05) is 18.5 Å². The number of rotatable bonds is 10. The lowest BCUT2D eigenvalue weighted by Gasteiger charge is -2.21. The van der Waals surface area contributed by atoms with E-state index in [1.54, 1.807) is 12.1 Å². The maximum Gasteiger partial charge on any atom is 0.279 e. The number of hydrogen-bond donors (Lipinski definition) is 3. The summed E-state index contributed by atoms with van der Waals surface area (Å²) in [6.07, 6.45) is 0.611. The Kier molecular flexibility index (Phi) is 9.55. The van der Waals surface area contributed by atoms with Crippen LogP contribution in [0.15, 0.2) is 54.6 Å². The summed E-state index contributed by atoms with van der Waals surface area (Å²) in [6, 6.07) is 16.7. The molecule has 0 aliphatic carbocycles. The molecule has 2 rings (SSSR count). The van der Waals surface area contributed by atoms with E-state index in [2.05, 4.69) is 30.0 Å². The zero-order chi connectivity index (χ0) is 22.6. The lowest BCUT2D eigenvalue weighted by molar-refractivity contribution is -0.133. The molecular formula is C24H31N3O4. The normalized spacial score (nSPS) is 12.4. The van der Waals surface area contributed by atoms with E-state index in [-0.39, 0.29) is 18.7 Å². The summed E-state index contributed by atoms with van der Waals surface area (Å²) in [5.74, 6) is -0.194. The SMILES string of the molecule is CCC(Oc1ccccc1C(C)CC)C(=O)NNC(=O)CCC(=O)Nc1ccccc1. The zero-order valence-electron chi connectivity index (χ0n) is 18.3. The van der Waals surface area contributed by atoms with Crippen LogP contribution < -0.4 is 20.9 Å². The monoisotopic (exact) mass is 425 g/mol. The molecule has 7 heteroatoms. The van der Waals surface area contributed by atoms with E-state index < -0.39 is 17.9 Å². The summed E-state index contributed by atoms with van der Waals surface area (Å²) in [4.78, 5) is 36.4. The van der Waals surface area contributed by atoms with Gasteiger partial charge in [-0.2, -0.15) is 0 Å². The third-order valence-corrected chi connectivity index (χ3v) is 4.96. The number of carbonyl (C=O) groups is 3. The summed E-state index contributed by atoms with van der Waals surface area (Å²) in [5.41, 5.74) is 6.46. The number of ether oxygens (including phenoxy) is 1. The molecule has 2 aromatic carbocycles. The Morgan fingerprint density at radius 1 is 0.839 bits per heavy atom. The molecule has 0 spiro atoms. The minimum absolute atomic E-state index is 0.00653. The Labute approximate surface area is 183 Å². The van der Waals surface area contributed by atoms with Crippen molar-refractivity contribution in [3.63, 3.8) is 0 Å². The Balaban J connectivity index is 1.81. The van der Waals surface area contributed by atoms with Crippen molar-refractivity contribution in [3.8, 4) is 5.75 Å². The fraction of sp³-hybridized carbons (Fsp3) is 0.375. The fourth-order valence-corrected chi connectivity index (χ4v) is 2.94. The highest BCUT2D eigenvalue weighted by atomic mass is 16.5. The minimum Gasteiger partial charge on any atom is -0.480 e. The third kappa shape index (κ3) is 7.77. The van der Waals surface area contributed by atoms with Crippen LogP contribution in [-0.4, -0.2) is 23.8 Å². The first-order valence-corrected chi connectivity index (χ1v) is 10.6. The highest BCUT2D eigenvalue weighted by Gasteiger charge is 2.21. The Hall–Kier alpha value is -3.35. The predicted octanol–water partition coefficient (Wildman–Crippen LogP) is 3.92. The maximum atomic E-state index is 12.5. The topological polar surface area (TPSA) is 96.5 Å². The van der Waals surface area contributed by atoms with E-state index in [9.17, 15) is 14.4 Å². The summed E-state index contributed by atoms with van der Waals surface area (Å²) in [7, 11) is 0. The van der Waals surface area contributed by atoms with Crippen LogP contribution in [0.4, 0.5) is 5.69 Å². The second kappa shape index (κ2) is 12.4. The Morgan fingerprint density at radius 3 is 2.16 bits per heavy atom. The lowest BCUT2D eigenvalue weighted by atomic mass is 9.98. The molecule has 0 aromatic heterocycles. The van der Waals surface area contributed by atoms with Crippen LogP contribution in [0.25, 0.3) is 0 Å². The van der Waals surface area contributed by atoms with Crippen LogP contribution in [0.5, 0.6) is 5.75 Å². The third-order valence-electron chi connectivity index (χ3n) is 4.96. The number of carbonyl (C=O) groups excluding carboxylic acids is 3. The van der Waals surface area contributed by atoms with Crippen LogP contribution in [0, 0.1) is 0 Å². The highest BCUT2D eigenvalue weighted by Crippen LogP contribution is 2.29. The molecule has 0 fully saturated rings. The number of hydrogen-bond acceptors (Lipinski definition) is 4. The second-order valence-electron chi connectivity index (χ2n) is 7.31. The van der Waals surface area contributed by atoms with Crippen molar-refractivity contribution in [1.29, 1.82) is 0 Å². The molecule has 2 unspecified atom stereocenters. The molecule has 3 N–H and O–H groups in total. The quantitative estimate of drug-likeness (QED) is 0.503. The average molecular weight is 426 g/mol. The van der Waals surface area contributed by atoms with Crippen LogP contribution in [0.1, 0.15) is 57.9 Å². The van der Waals surface area contributed by atoms with E-state index in [0.29, 0.717) is 23.8 Å². The number of benzene rings is 2. The van der Waals surface area contributed by atoms with Gasteiger partial charge in [0.25, 0.3) is 5.91 Å². The first-order chi connectivity index (χ1) is 14.9. The van der Waals surface area contributed by atoms with E-state index in [4.69, 9.17) is 4.74 Å². The van der Waals surface area contributed by atoms with Crippen molar-refractivity contribution < 1.29 is 19.1 Å². The van der Waals surface area contributed by atoms with E-state index in [1.165, 1.54) is 0 Å². The number of anilines is 1. The van der Waals surface area contributed by atoms with E-state index in [0.717, 1.165) is 12.0 Å². The highest BCUT2D eigenvalue weighted by molar-refractivity contribution is 5.93. The number of amides is 3.